The summed E-state index contributed by atoms with van der Waals surface area (Å²) < 4.78 is 22.6. The van der Waals surface area contributed by atoms with Crippen molar-refractivity contribution in [2.45, 2.75) is 39.6 Å². The highest BCUT2D eigenvalue weighted by Gasteiger charge is 2.07. The van der Waals surface area contributed by atoms with Gasteiger partial charge in [-0.25, -0.2) is 5.10 Å². The van der Waals surface area contributed by atoms with Gasteiger partial charge in [0.05, 0.1) is 31.6 Å². The highest BCUT2D eigenvalue weighted by molar-refractivity contribution is 5.61. The van der Waals surface area contributed by atoms with Crippen molar-refractivity contribution in [3.63, 3.8) is 0 Å². The molecule has 0 aliphatic carbocycles. The standard InChI is InChI=1S/C28H37N3O6/c1-20(2)35-15-14-34-18-22-4-7-25(8-5-22)37-19-24(32)17-29-12-13-36-27-10-6-23(16-21(27)3)26-9-11-28(33)31-30-26/h4-11,16,20,24,29,32H,12-15,17-19H2,1-3H3,(H,31,33). The smallest absolute Gasteiger partial charge is 0.264 e. The van der Waals surface area contributed by atoms with Crippen LogP contribution in [0.2, 0.25) is 0 Å². The second-order valence-corrected chi connectivity index (χ2v) is 8.92. The summed E-state index contributed by atoms with van der Waals surface area (Å²) in [6.07, 6.45) is -0.434. The Morgan fingerprint density at radius 1 is 1.00 bits per heavy atom. The van der Waals surface area contributed by atoms with E-state index in [0.717, 1.165) is 22.4 Å². The van der Waals surface area contributed by atoms with Crippen LogP contribution >= 0.6 is 0 Å². The van der Waals surface area contributed by atoms with Gasteiger partial charge in [0, 0.05) is 24.7 Å². The average molecular weight is 512 g/mol. The van der Waals surface area contributed by atoms with E-state index >= 15 is 0 Å². The fourth-order valence-corrected chi connectivity index (χ4v) is 3.44. The summed E-state index contributed by atoms with van der Waals surface area (Å²) in [5.74, 6) is 1.47. The Bertz CT molecular complexity index is 1110. The number of hydrogen-bond donors (Lipinski definition) is 3. The van der Waals surface area contributed by atoms with Gasteiger partial charge < -0.3 is 29.4 Å². The van der Waals surface area contributed by atoms with Gasteiger partial charge in [-0.2, -0.15) is 5.10 Å². The minimum absolute atomic E-state index is 0.190. The van der Waals surface area contributed by atoms with Crippen LogP contribution in [-0.4, -0.2) is 67.0 Å². The van der Waals surface area contributed by atoms with Gasteiger partial charge in [-0.1, -0.05) is 12.1 Å². The predicted octanol–water partition coefficient (Wildman–Crippen LogP) is 3.10. The molecule has 200 valence electrons. The Hall–Kier alpha value is -3.24. The van der Waals surface area contributed by atoms with E-state index in [1.807, 2.05) is 63.2 Å². The number of aromatic nitrogens is 2. The first-order chi connectivity index (χ1) is 17.9. The number of benzene rings is 2. The molecule has 2 aromatic carbocycles. The second-order valence-electron chi connectivity index (χ2n) is 8.92. The van der Waals surface area contributed by atoms with Crippen LogP contribution in [0.5, 0.6) is 11.5 Å². The van der Waals surface area contributed by atoms with Crippen LogP contribution in [-0.2, 0) is 16.1 Å². The summed E-state index contributed by atoms with van der Waals surface area (Å²) in [7, 11) is 0. The van der Waals surface area contributed by atoms with Gasteiger partial charge >= 0.3 is 0 Å². The molecule has 37 heavy (non-hydrogen) atoms. The van der Waals surface area contributed by atoms with Crippen LogP contribution in [0.15, 0.2) is 59.4 Å². The number of aryl methyl sites for hydroxylation is 1. The first kappa shape index (κ1) is 28.3. The summed E-state index contributed by atoms with van der Waals surface area (Å²) in [4.78, 5) is 11.2. The van der Waals surface area contributed by atoms with Gasteiger partial charge in [-0.3, -0.25) is 4.79 Å². The van der Waals surface area contributed by atoms with Crippen molar-refractivity contribution < 1.29 is 24.1 Å². The van der Waals surface area contributed by atoms with Crippen molar-refractivity contribution in [2.24, 2.45) is 0 Å². The summed E-state index contributed by atoms with van der Waals surface area (Å²) in [6.45, 7) is 9.24. The zero-order valence-electron chi connectivity index (χ0n) is 21.7. The molecule has 0 saturated heterocycles. The van der Waals surface area contributed by atoms with Gasteiger partial charge in [-0.05, 0) is 68.3 Å². The lowest BCUT2D eigenvalue weighted by Crippen LogP contribution is -2.33. The van der Waals surface area contributed by atoms with Crippen LogP contribution < -0.4 is 20.3 Å². The third-order valence-corrected chi connectivity index (χ3v) is 5.38. The molecule has 0 saturated carbocycles. The molecule has 9 heteroatoms. The zero-order chi connectivity index (χ0) is 26.5. The van der Waals surface area contributed by atoms with E-state index in [1.165, 1.54) is 6.07 Å². The second kappa shape index (κ2) is 15.1. The molecule has 1 atom stereocenters. The molecule has 0 amide bonds. The number of aliphatic hydroxyl groups excluding tert-OH is 1. The molecule has 0 aliphatic heterocycles. The lowest BCUT2D eigenvalue weighted by Gasteiger charge is -2.14. The molecule has 0 bridgehead atoms. The lowest BCUT2D eigenvalue weighted by molar-refractivity contribution is 0.0143. The van der Waals surface area contributed by atoms with E-state index in [1.54, 1.807) is 6.07 Å². The fourth-order valence-electron chi connectivity index (χ4n) is 3.44. The van der Waals surface area contributed by atoms with Gasteiger partial charge in [0.25, 0.3) is 5.56 Å². The maximum absolute atomic E-state index is 11.2. The fraction of sp³-hybridized carbons (Fsp3) is 0.429. The Kier molecular flexibility index (Phi) is 11.6. The number of hydrogen-bond acceptors (Lipinski definition) is 8. The summed E-state index contributed by atoms with van der Waals surface area (Å²) in [5.41, 5.74) is 3.38. The van der Waals surface area contributed by atoms with E-state index in [9.17, 15) is 9.90 Å². The number of aliphatic hydroxyl groups is 1. The molecule has 9 nitrogen and oxygen atoms in total. The number of rotatable bonds is 16. The molecule has 3 N–H and O–H groups in total. The van der Waals surface area contributed by atoms with Crippen LogP contribution in [0, 0.1) is 6.92 Å². The van der Waals surface area contributed by atoms with Crippen LogP contribution in [0.1, 0.15) is 25.0 Å². The average Bonchev–Trinajstić information content (AvgIpc) is 2.89. The quantitative estimate of drug-likeness (QED) is 0.251. The van der Waals surface area contributed by atoms with Crippen molar-refractivity contribution >= 4 is 0 Å². The normalized spacial score (nSPS) is 12.0. The van der Waals surface area contributed by atoms with Gasteiger partial charge in [0.2, 0.25) is 0 Å². The first-order valence-corrected chi connectivity index (χ1v) is 12.5. The Morgan fingerprint density at radius 3 is 2.51 bits per heavy atom. The molecular formula is C28H37N3O6. The number of nitrogens with one attached hydrogen (secondary N) is 2. The highest BCUT2D eigenvalue weighted by Crippen LogP contribution is 2.24. The molecule has 1 heterocycles. The third kappa shape index (κ3) is 10.3. The molecule has 0 radical (unpaired) electrons. The highest BCUT2D eigenvalue weighted by atomic mass is 16.5. The Labute approximate surface area is 217 Å². The first-order valence-electron chi connectivity index (χ1n) is 12.5. The Balaban J connectivity index is 1.28. The molecular weight excluding hydrogens is 474 g/mol. The third-order valence-electron chi connectivity index (χ3n) is 5.38. The number of ether oxygens (including phenoxy) is 4. The number of aromatic amines is 1. The van der Waals surface area contributed by atoms with Crippen molar-refractivity contribution in [1.29, 1.82) is 0 Å². The summed E-state index contributed by atoms with van der Waals surface area (Å²) in [6, 6.07) is 16.5. The van der Waals surface area contributed by atoms with E-state index < -0.39 is 6.10 Å². The SMILES string of the molecule is Cc1cc(-c2ccc(=O)[nH]n2)ccc1OCCNCC(O)COc1ccc(COCCOC(C)C)cc1. The maximum Gasteiger partial charge on any atom is 0.264 e. The molecule has 3 rings (SSSR count). The summed E-state index contributed by atoms with van der Waals surface area (Å²) >= 11 is 0. The van der Waals surface area contributed by atoms with E-state index in [0.29, 0.717) is 51.0 Å². The lowest BCUT2D eigenvalue weighted by atomic mass is 10.1. The van der Waals surface area contributed by atoms with Crippen molar-refractivity contribution in [1.82, 2.24) is 15.5 Å². The van der Waals surface area contributed by atoms with Crippen LogP contribution in [0.4, 0.5) is 0 Å². The number of nitrogens with zero attached hydrogens (tertiary/aromatic N) is 1. The molecule has 1 aromatic heterocycles. The number of H-pyrrole nitrogens is 1. The predicted molar refractivity (Wildman–Crippen MR) is 142 cm³/mol. The molecule has 0 aliphatic rings. The zero-order valence-corrected chi connectivity index (χ0v) is 21.7. The van der Waals surface area contributed by atoms with E-state index in [4.69, 9.17) is 18.9 Å². The minimum atomic E-state index is -0.644. The molecule has 1 unspecified atom stereocenters. The van der Waals surface area contributed by atoms with Crippen LogP contribution in [0.25, 0.3) is 11.3 Å². The van der Waals surface area contributed by atoms with Crippen molar-refractivity contribution in [3.8, 4) is 22.8 Å². The molecule has 3 aromatic rings. The van der Waals surface area contributed by atoms with Crippen molar-refractivity contribution in [3.05, 3.63) is 76.1 Å². The topological polar surface area (TPSA) is 115 Å². The van der Waals surface area contributed by atoms with Gasteiger partial charge in [-0.15, -0.1) is 0 Å². The van der Waals surface area contributed by atoms with Crippen LogP contribution in [0.3, 0.4) is 0 Å². The molecule has 0 fully saturated rings. The van der Waals surface area contributed by atoms with E-state index in [2.05, 4.69) is 15.5 Å². The Morgan fingerprint density at radius 2 is 1.81 bits per heavy atom. The summed E-state index contributed by atoms with van der Waals surface area (Å²) in [5, 5.41) is 19.9. The van der Waals surface area contributed by atoms with Gasteiger partial charge in [0.15, 0.2) is 0 Å². The van der Waals surface area contributed by atoms with E-state index in [-0.39, 0.29) is 18.3 Å². The maximum atomic E-state index is 11.2. The monoisotopic (exact) mass is 511 g/mol. The minimum Gasteiger partial charge on any atom is -0.492 e. The van der Waals surface area contributed by atoms with Gasteiger partial charge in [0.1, 0.15) is 30.8 Å². The van der Waals surface area contributed by atoms with Crippen molar-refractivity contribution in [2.75, 3.05) is 39.5 Å². The molecule has 0 spiro atoms. The largest absolute Gasteiger partial charge is 0.492 e.